The van der Waals surface area contributed by atoms with Gasteiger partial charge < -0.3 is 15.0 Å². The Bertz CT molecular complexity index is 883. The maximum absolute atomic E-state index is 12.9. The standard InChI is InChI=1S/C21H19N5O2/c22-9-13-28-20-5-3-19(4-6-20)25-21(27)26(15-17-7-11-23-12-8-17)16-18-2-1-10-24-14-18/h1-8,10-12,14H,13,15-16H2,(H,25,27). The third-order valence-corrected chi connectivity index (χ3v) is 3.92. The second kappa shape index (κ2) is 9.69. The average molecular weight is 373 g/mol. The molecule has 3 rings (SSSR count). The van der Waals surface area contributed by atoms with Gasteiger partial charge >= 0.3 is 6.03 Å². The molecule has 2 heterocycles. The minimum Gasteiger partial charge on any atom is -0.479 e. The molecule has 3 aromatic rings. The number of carbonyl (C=O) groups is 1. The van der Waals surface area contributed by atoms with Gasteiger partial charge in [-0.25, -0.2) is 4.79 Å². The van der Waals surface area contributed by atoms with Gasteiger partial charge in [-0.3, -0.25) is 9.97 Å². The van der Waals surface area contributed by atoms with Gasteiger partial charge in [-0.05, 0) is 53.6 Å². The summed E-state index contributed by atoms with van der Waals surface area (Å²) in [5, 5.41) is 11.5. The fourth-order valence-electron chi connectivity index (χ4n) is 2.57. The summed E-state index contributed by atoms with van der Waals surface area (Å²) in [5.41, 5.74) is 2.56. The molecule has 1 aromatic carbocycles. The molecule has 0 atom stereocenters. The maximum atomic E-state index is 12.9. The number of nitrogens with zero attached hydrogens (tertiary/aromatic N) is 4. The summed E-state index contributed by atoms with van der Waals surface area (Å²) < 4.78 is 5.22. The van der Waals surface area contributed by atoms with Crippen LogP contribution in [-0.4, -0.2) is 27.5 Å². The molecule has 140 valence electrons. The predicted molar refractivity (Wildman–Crippen MR) is 104 cm³/mol. The van der Waals surface area contributed by atoms with Crippen molar-refractivity contribution in [2.75, 3.05) is 11.9 Å². The van der Waals surface area contributed by atoms with Crippen LogP contribution in [0.15, 0.2) is 73.3 Å². The second-order valence-corrected chi connectivity index (χ2v) is 5.97. The highest BCUT2D eigenvalue weighted by Crippen LogP contribution is 2.17. The largest absolute Gasteiger partial charge is 0.479 e. The van der Waals surface area contributed by atoms with E-state index in [4.69, 9.17) is 10.00 Å². The van der Waals surface area contributed by atoms with E-state index in [1.165, 1.54) is 0 Å². The van der Waals surface area contributed by atoms with Crippen LogP contribution in [0.2, 0.25) is 0 Å². The summed E-state index contributed by atoms with van der Waals surface area (Å²) in [5.74, 6) is 0.573. The highest BCUT2D eigenvalue weighted by Gasteiger charge is 2.15. The van der Waals surface area contributed by atoms with Gasteiger partial charge in [0, 0.05) is 43.6 Å². The fourth-order valence-corrected chi connectivity index (χ4v) is 2.57. The average Bonchev–Trinajstić information content (AvgIpc) is 2.74. The van der Waals surface area contributed by atoms with Crippen LogP contribution in [0.4, 0.5) is 10.5 Å². The number of benzene rings is 1. The lowest BCUT2D eigenvalue weighted by atomic mass is 10.2. The molecule has 0 fully saturated rings. The molecule has 7 nitrogen and oxygen atoms in total. The third-order valence-electron chi connectivity index (χ3n) is 3.92. The normalized spacial score (nSPS) is 9.96. The molecule has 0 aliphatic rings. The van der Waals surface area contributed by atoms with Gasteiger partial charge in [0.15, 0.2) is 6.61 Å². The molecular weight excluding hydrogens is 354 g/mol. The summed E-state index contributed by atoms with van der Waals surface area (Å²) in [7, 11) is 0. The van der Waals surface area contributed by atoms with Gasteiger partial charge in [-0.1, -0.05) is 6.07 Å². The van der Waals surface area contributed by atoms with Crippen LogP contribution in [-0.2, 0) is 13.1 Å². The molecule has 2 aromatic heterocycles. The molecule has 7 heteroatoms. The van der Waals surface area contributed by atoms with Crippen LogP contribution in [0.3, 0.4) is 0 Å². The Hall–Kier alpha value is -3.92. The van der Waals surface area contributed by atoms with Gasteiger partial charge in [-0.15, -0.1) is 0 Å². The molecule has 0 bridgehead atoms. The number of urea groups is 1. The number of rotatable bonds is 7. The number of anilines is 1. The first kappa shape index (κ1) is 18.9. The highest BCUT2D eigenvalue weighted by atomic mass is 16.5. The summed E-state index contributed by atoms with van der Waals surface area (Å²) in [6.45, 7) is 0.842. The number of carbonyl (C=O) groups excluding carboxylic acids is 1. The van der Waals surface area contributed by atoms with Gasteiger partial charge in [0.2, 0.25) is 0 Å². The first-order valence-electron chi connectivity index (χ1n) is 8.68. The van der Waals surface area contributed by atoms with E-state index in [2.05, 4.69) is 15.3 Å². The Morgan fingerprint density at radius 3 is 2.43 bits per heavy atom. The van der Waals surface area contributed by atoms with E-state index >= 15 is 0 Å². The zero-order chi connectivity index (χ0) is 19.6. The summed E-state index contributed by atoms with van der Waals surface area (Å²) >= 11 is 0. The fraction of sp³-hybridized carbons (Fsp3) is 0.143. The van der Waals surface area contributed by atoms with Crippen molar-refractivity contribution in [3.63, 3.8) is 0 Å². The maximum Gasteiger partial charge on any atom is 0.322 e. The van der Waals surface area contributed by atoms with E-state index < -0.39 is 0 Å². The lowest BCUT2D eigenvalue weighted by Crippen LogP contribution is -2.34. The molecule has 0 radical (unpaired) electrons. The molecule has 0 saturated carbocycles. The number of hydrogen-bond acceptors (Lipinski definition) is 5. The van der Waals surface area contributed by atoms with E-state index in [9.17, 15) is 4.79 Å². The van der Waals surface area contributed by atoms with Crippen LogP contribution in [0.5, 0.6) is 5.75 Å². The minimum absolute atomic E-state index is 0.0173. The van der Waals surface area contributed by atoms with Crippen LogP contribution in [0.25, 0.3) is 0 Å². The van der Waals surface area contributed by atoms with Gasteiger partial charge in [0.05, 0.1) is 0 Å². The quantitative estimate of drug-likeness (QED) is 0.683. The van der Waals surface area contributed by atoms with Gasteiger partial charge in [0.25, 0.3) is 0 Å². The Kier molecular flexibility index (Phi) is 6.53. The number of amides is 2. The molecule has 0 saturated heterocycles. The SMILES string of the molecule is N#CCOc1ccc(NC(=O)N(Cc2ccncc2)Cc2cccnc2)cc1. The monoisotopic (exact) mass is 373 g/mol. The smallest absolute Gasteiger partial charge is 0.322 e. The van der Waals surface area contributed by atoms with E-state index in [-0.39, 0.29) is 12.6 Å². The van der Waals surface area contributed by atoms with E-state index in [0.29, 0.717) is 24.5 Å². The molecule has 1 N–H and O–H groups in total. The highest BCUT2D eigenvalue weighted by molar-refractivity contribution is 5.89. The first-order chi connectivity index (χ1) is 13.7. The van der Waals surface area contributed by atoms with Crippen LogP contribution >= 0.6 is 0 Å². The molecule has 0 aliphatic heterocycles. The zero-order valence-corrected chi connectivity index (χ0v) is 15.2. The van der Waals surface area contributed by atoms with E-state index in [1.54, 1.807) is 54.0 Å². The second-order valence-electron chi connectivity index (χ2n) is 5.97. The number of hydrogen-bond donors (Lipinski definition) is 1. The van der Waals surface area contributed by atoms with Crippen molar-refractivity contribution in [2.45, 2.75) is 13.1 Å². The van der Waals surface area contributed by atoms with Crippen molar-refractivity contribution in [2.24, 2.45) is 0 Å². The summed E-state index contributed by atoms with van der Waals surface area (Å²) in [4.78, 5) is 22.7. The number of nitriles is 1. The van der Waals surface area contributed by atoms with Crippen molar-refractivity contribution in [1.82, 2.24) is 14.9 Å². The zero-order valence-electron chi connectivity index (χ0n) is 15.2. The third kappa shape index (κ3) is 5.54. The summed E-state index contributed by atoms with van der Waals surface area (Å²) in [6, 6.07) is 16.1. The Morgan fingerprint density at radius 1 is 1.00 bits per heavy atom. The topological polar surface area (TPSA) is 91.1 Å². The molecule has 0 aliphatic carbocycles. The minimum atomic E-state index is -0.230. The lowest BCUT2D eigenvalue weighted by molar-refractivity contribution is 0.206. The van der Waals surface area contributed by atoms with Crippen LogP contribution in [0.1, 0.15) is 11.1 Å². The van der Waals surface area contributed by atoms with Crippen molar-refractivity contribution in [1.29, 1.82) is 5.26 Å². The van der Waals surface area contributed by atoms with Crippen molar-refractivity contribution >= 4 is 11.7 Å². The molecule has 0 spiro atoms. The van der Waals surface area contributed by atoms with Crippen LogP contribution in [0, 0.1) is 11.3 Å². The number of pyridine rings is 2. The molecule has 28 heavy (non-hydrogen) atoms. The lowest BCUT2D eigenvalue weighted by Gasteiger charge is -2.23. The summed E-state index contributed by atoms with van der Waals surface area (Å²) in [6.07, 6.45) is 6.85. The van der Waals surface area contributed by atoms with Crippen LogP contribution < -0.4 is 10.1 Å². The van der Waals surface area contributed by atoms with E-state index in [0.717, 1.165) is 11.1 Å². The van der Waals surface area contributed by atoms with Gasteiger partial charge in [-0.2, -0.15) is 5.26 Å². The Morgan fingerprint density at radius 2 is 1.75 bits per heavy atom. The van der Waals surface area contributed by atoms with Crippen molar-refractivity contribution in [3.8, 4) is 11.8 Å². The first-order valence-corrected chi connectivity index (χ1v) is 8.68. The van der Waals surface area contributed by atoms with Crippen molar-refractivity contribution in [3.05, 3.63) is 84.4 Å². The Balaban J connectivity index is 1.71. The number of aromatic nitrogens is 2. The predicted octanol–water partition coefficient (Wildman–Crippen LogP) is 3.61. The number of ether oxygens (including phenoxy) is 1. The molecule has 2 amide bonds. The molecular formula is C21H19N5O2. The van der Waals surface area contributed by atoms with E-state index in [1.807, 2.05) is 30.3 Å². The number of nitrogens with one attached hydrogen (secondary N) is 1. The molecule has 0 unspecified atom stereocenters. The van der Waals surface area contributed by atoms with Crippen molar-refractivity contribution < 1.29 is 9.53 Å². The van der Waals surface area contributed by atoms with Gasteiger partial charge in [0.1, 0.15) is 11.8 Å². The Labute approximate surface area is 163 Å².